The van der Waals surface area contributed by atoms with Gasteiger partial charge in [-0.25, -0.2) is 0 Å². The van der Waals surface area contributed by atoms with Gasteiger partial charge < -0.3 is 14.4 Å². The Kier molecular flexibility index (Phi) is 5.93. The highest BCUT2D eigenvalue weighted by Gasteiger charge is 2.36. The molecular formula is C24H31ClN2O2. The molecular weight excluding hydrogens is 384 g/mol. The Labute approximate surface area is 179 Å². The fourth-order valence-corrected chi connectivity index (χ4v) is 5.26. The van der Waals surface area contributed by atoms with E-state index in [2.05, 4.69) is 47.9 Å². The van der Waals surface area contributed by atoms with Crippen LogP contribution < -0.4 is 14.4 Å². The number of anilines is 1. The predicted molar refractivity (Wildman–Crippen MR) is 120 cm³/mol. The summed E-state index contributed by atoms with van der Waals surface area (Å²) in [5.41, 5.74) is 5.30. The van der Waals surface area contributed by atoms with Crippen LogP contribution in [0.3, 0.4) is 0 Å². The molecule has 0 spiro atoms. The maximum Gasteiger partial charge on any atom is 0.139 e. The van der Waals surface area contributed by atoms with Crippen LogP contribution in [-0.4, -0.2) is 44.8 Å². The van der Waals surface area contributed by atoms with Gasteiger partial charge in [-0.05, 0) is 68.0 Å². The van der Waals surface area contributed by atoms with E-state index in [0.717, 1.165) is 31.1 Å². The third-order valence-corrected chi connectivity index (χ3v) is 7.11. The number of hydrogen-bond acceptors (Lipinski definition) is 4. The van der Waals surface area contributed by atoms with Crippen LogP contribution in [0.25, 0.3) is 0 Å². The lowest BCUT2D eigenvalue weighted by Crippen LogP contribution is -2.56. The number of piperidine rings is 1. The zero-order valence-electron chi connectivity index (χ0n) is 17.9. The molecule has 4 rings (SSSR count). The lowest BCUT2D eigenvalue weighted by Gasteiger charge is -2.49. The minimum absolute atomic E-state index is 0.500. The van der Waals surface area contributed by atoms with Crippen molar-refractivity contribution in [2.75, 3.05) is 38.8 Å². The Bertz CT molecular complexity index is 885. The first kappa shape index (κ1) is 20.4. The second kappa shape index (κ2) is 8.45. The minimum Gasteiger partial charge on any atom is -0.496 e. The number of hydrogen-bond donors (Lipinski definition) is 0. The van der Waals surface area contributed by atoms with E-state index in [1.807, 2.05) is 6.07 Å². The first-order valence-electron chi connectivity index (χ1n) is 10.5. The zero-order chi connectivity index (χ0) is 20.5. The maximum atomic E-state index is 6.22. The molecule has 2 aliphatic rings. The minimum atomic E-state index is 0.500. The van der Waals surface area contributed by atoms with Gasteiger partial charge in [-0.3, -0.25) is 4.90 Å². The van der Waals surface area contributed by atoms with Gasteiger partial charge in [0.15, 0.2) is 0 Å². The molecule has 2 saturated heterocycles. The quantitative estimate of drug-likeness (QED) is 0.669. The monoisotopic (exact) mass is 414 g/mol. The summed E-state index contributed by atoms with van der Waals surface area (Å²) < 4.78 is 10.9. The average molecular weight is 415 g/mol. The largest absolute Gasteiger partial charge is 0.496 e. The van der Waals surface area contributed by atoms with Crippen molar-refractivity contribution >= 4 is 17.3 Å². The standard InChI is InChI=1S/C24H31ClN2O2/c1-16-17(2)23(28-3)11-9-20(16)22-7-5-6-19-15-26(12-13-27(19)22)18-8-10-21(25)24(14-18)29-4/h8-11,14,19,22H,5-7,12-13,15H2,1-4H3/t19?,22-/m1/s1. The highest BCUT2D eigenvalue weighted by Crippen LogP contribution is 2.40. The number of benzene rings is 2. The number of nitrogens with zero attached hydrogens (tertiary/aromatic N) is 2. The molecule has 29 heavy (non-hydrogen) atoms. The molecule has 5 heteroatoms. The number of piperazine rings is 1. The Morgan fingerprint density at radius 2 is 1.72 bits per heavy atom. The number of halogens is 1. The van der Waals surface area contributed by atoms with E-state index in [0.29, 0.717) is 17.1 Å². The Morgan fingerprint density at radius 1 is 0.931 bits per heavy atom. The molecule has 0 N–H and O–H groups in total. The van der Waals surface area contributed by atoms with Crippen molar-refractivity contribution in [1.82, 2.24) is 4.90 Å². The number of ether oxygens (including phenoxy) is 2. The van der Waals surface area contributed by atoms with Crippen LogP contribution >= 0.6 is 11.6 Å². The molecule has 0 radical (unpaired) electrons. The van der Waals surface area contributed by atoms with Crippen LogP contribution in [0.15, 0.2) is 30.3 Å². The van der Waals surface area contributed by atoms with E-state index < -0.39 is 0 Å². The molecule has 2 aliphatic heterocycles. The third kappa shape index (κ3) is 3.80. The van der Waals surface area contributed by atoms with Crippen LogP contribution in [0.2, 0.25) is 5.02 Å². The SMILES string of the molecule is COc1cc(N2CCN3C(CCC[C@@H]3c3ccc(OC)c(C)c3C)C2)ccc1Cl. The molecule has 0 bridgehead atoms. The summed E-state index contributed by atoms with van der Waals surface area (Å²) in [4.78, 5) is 5.22. The number of rotatable bonds is 4. The van der Waals surface area contributed by atoms with Gasteiger partial charge in [0.1, 0.15) is 11.5 Å². The second-order valence-electron chi connectivity index (χ2n) is 8.21. The van der Waals surface area contributed by atoms with E-state index >= 15 is 0 Å². The summed E-state index contributed by atoms with van der Waals surface area (Å²) in [6, 6.07) is 11.6. The molecule has 4 nitrogen and oxygen atoms in total. The van der Waals surface area contributed by atoms with Gasteiger partial charge in [0, 0.05) is 43.5 Å². The molecule has 0 amide bonds. The third-order valence-electron chi connectivity index (χ3n) is 6.80. The fourth-order valence-electron chi connectivity index (χ4n) is 5.06. The van der Waals surface area contributed by atoms with Crippen molar-refractivity contribution in [3.05, 3.63) is 52.0 Å². The molecule has 2 atom stereocenters. The van der Waals surface area contributed by atoms with Gasteiger partial charge in [0.25, 0.3) is 0 Å². The van der Waals surface area contributed by atoms with Crippen LogP contribution in [-0.2, 0) is 0 Å². The van der Waals surface area contributed by atoms with E-state index in [4.69, 9.17) is 21.1 Å². The van der Waals surface area contributed by atoms with Gasteiger partial charge in [0.05, 0.1) is 19.2 Å². The van der Waals surface area contributed by atoms with Crippen molar-refractivity contribution in [2.24, 2.45) is 0 Å². The Hall–Kier alpha value is -1.91. The van der Waals surface area contributed by atoms with Gasteiger partial charge in [0.2, 0.25) is 0 Å². The van der Waals surface area contributed by atoms with E-state index in [1.165, 1.54) is 41.6 Å². The van der Waals surface area contributed by atoms with Crippen molar-refractivity contribution < 1.29 is 9.47 Å². The fraction of sp³-hybridized carbons (Fsp3) is 0.500. The predicted octanol–water partition coefficient (Wildman–Crippen LogP) is 5.39. The molecule has 0 aromatic heterocycles. The summed E-state index contributed by atoms with van der Waals surface area (Å²) in [6.45, 7) is 7.56. The van der Waals surface area contributed by atoms with Gasteiger partial charge >= 0.3 is 0 Å². The molecule has 2 aromatic rings. The van der Waals surface area contributed by atoms with Gasteiger partial charge in [-0.1, -0.05) is 17.7 Å². The molecule has 0 saturated carbocycles. The van der Waals surface area contributed by atoms with Crippen LogP contribution in [0.5, 0.6) is 11.5 Å². The molecule has 156 valence electrons. The van der Waals surface area contributed by atoms with Crippen molar-refractivity contribution in [3.8, 4) is 11.5 Å². The summed E-state index contributed by atoms with van der Waals surface area (Å²) in [6.07, 6.45) is 3.76. The summed E-state index contributed by atoms with van der Waals surface area (Å²) >= 11 is 6.22. The summed E-state index contributed by atoms with van der Waals surface area (Å²) in [7, 11) is 3.43. The van der Waals surface area contributed by atoms with Crippen LogP contribution in [0.1, 0.15) is 42.0 Å². The molecule has 2 heterocycles. The molecule has 0 aliphatic carbocycles. The van der Waals surface area contributed by atoms with Gasteiger partial charge in [-0.2, -0.15) is 0 Å². The van der Waals surface area contributed by atoms with Crippen molar-refractivity contribution in [2.45, 2.75) is 45.2 Å². The van der Waals surface area contributed by atoms with Crippen LogP contribution in [0, 0.1) is 13.8 Å². The summed E-state index contributed by atoms with van der Waals surface area (Å²) in [5.74, 6) is 1.73. The topological polar surface area (TPSA) is 24.9 Å². The lowest BCUT2D eigenvalue weighted by atomic mass is 9.86. The summed E-state index contributed by atoms with van der Waals surface area (Å²) in [5, 5.41) is 0.665. The Morgan fingerprint density at radius 3 is 2.48 bits per heavy atom. The number of fused-ring (bicyclic) bond motifs is 1. The second-order valence-corrected chi connectivity index (χ2v) is 8.62. The highest BCUT2D eigenvalue weighted by atomic mass is 35.5. The van der Waals surface area contributed by atoms with E-state index in [-0.39, 0.29) is 0 Å². The van der Waals surface area contributed by atoms with E-state index in [9.17, 15) is 0 Å². The van der Waals surface area contributed by atoms with Crippen molar-refractivity contribution in [1.29, 1.82) is 0 Å². The van der Waals surface area contributed by atoms with Crippen LogP contribution in [0.4, 0.5) is 5.69 Å². The highest BCUT2D eigenvalue weighted by molar-refractivity contribution is 6.32. The van der Waals surface area contributed by atoms with Gasteiger partial charge in [-0.15, -0.1) is 0 Å². The first-order valence-corrected chi connectivity index (χ1v) is 10.9. The maximum absolute atomic E-state index is 6.22. The average Bonchev–Trinajstić information content (AvgIpc) is 2.75. The lowest BCUT2D eigenvalue weighted by molar-refractivity contribution is 0.0712. The smallest absolute Gasteiger partial charge is 0.139 e. The number of methoxy groups -OCH3 is 2. The zero-order valence-corrected chi connectivity index (χ0v) is 18.6. The molecule has 2 fully saturated rings. The normalized spacial score (nSPS) is 22.3. The molecule has 2 aromatic carbocycles. The molecule has 1 unspecified atom stereocenters. The first-order chi connectivity index (χ1) is 14.0. The Balaban J connectivity index is 1.55. The van der Waals surface area contributed by atoms with E-state index in [1.54, 1.807) is 14.2 Å². The van der Waals surface area contributed by atoms with Crippen molar-refractivity contribution in [3.63, 3.8) is 0 Å².